The smallest absolute Gasteiger partial charge is 0.269 e. The molecule has 7 heteroatoms. The Morgan fingerprint density at radius 2 is 2.23 bits per heavy atom. The minimum absolute atomic E-state index is 0.0933. The molecule has 122 valence electrons. The van der Waals surface area contributed by atoms with Gasteiger partial charge in [-0.15, -0.1) is 0 Å². The first-order valence-corrected chi connectivity index (χ1v) is 9.39. The van der Waals surface area contributed by atoms with Crippen molar-refractivity contribution in [2.24, 2.45) is 5.92 Å². The second-order valence-electron chi connectivity index (χ2n) is 6.11. The number of rotatable bonds is 6. The molecule has 0 aliphatic carbocycles. The van der Waals surface area contributed by atoms with Gasteiger partial charge in [-0.3, -0.25) is 9.78 Å². The topological polar surface area (TPSA) is 88.2 Å². The van der Waals surface area contributed by atoms with Gasteiger partial charge in [-0.2, -0.15) is 0 Å². The Morgan fingerprint density at radius 3 is 2.86 bits per heavy atom. The number of nitrogens with zero attached hydrogens (tertiary/aromatic N) is 1. The molecular weight excluding hydrogens is 302 g/mol. The SMILES string of the molecule is CC(C)CCNC(=O)c1cc(NC2CCS(=O)(=O)C2)ccn1. The molecule has 6 nitrogen and oxygen atoms in total. The van der Waals surface area contributed by atoms with E-state index >= 15 is 0 Å². The van der Waals surface area contributed by atoms with Crippen LogP contribution in [0.15, 0.2) is 18.3 Å². The summed E-state index contributed by atoms with van der Waals surface area (Å²) < 4.78 is 22.9. The van der Waals surface area contributed by atoms with Crippen molar-refractivity contribution >= 4 is 21.4 Å². The van der Waals surface area contributed by atoms with E-state index in [1.54, 1.807) is 18.3 Å². The molecule has 0 saturated carbocycles. The first-order valence-electron chi connectivity index (χ1n) is 7.57. The fraction of sp³-hybridized carbons (Fsp3) is 0.600. The fourth-order valence-electron chi connectivity index (χ4n) is 2.35. The number of carbonyl (C=O) groups excluding carboxylic acids is 1. The van der Waals surface area contributed by atoms with Gasteiger partial charge in [-0.25, -0.2) is 8.42 Å². The molecule has 2 rings (SSSR count). The summed E-state index contributed by atoms with van der Waals surface area (Å²) in [6.07, 6.45) is 3.08. The maximum Gasteiger partial charge on any atom is 0.269 e. The highest BCUT2D eigenvalue weighted by Crippen LogP contribution is 2.17. The average Bonchev–Trinajstić information content (AvgIpc) is 2.77. The lowest BCUT2D eigenvalue weighted by atomic mass is 10.1. The number of anilines is 1. The second-order valence-corrected chi connectivity index (χ2v) is 8.34. The molecular formula is C15H23N3O3S. The van der Waals surface area contributed by atoms with Gasteiger partial charge in [-0.05, 0) is 30.9 Å². The third-order valence-electron chi connectivity index (χ3n) is 3.60. The van der Waals surface area contributed by atoms with Gasteiger partial charge in [-0.1, -0.05) is 13.8 Å². The number of pyridine rings is 1. The Bertz CT molecular complexity index is 629. The van der Waals surface area contributed by atoms with Gasteiger partial charge in [0.1, 0.15) is 5.69 Å². The van der Waals surface area contributed by atoms with Gasteiger partial charge in [0, 0.05) is 24.5 Å². The Morgan fingerprint density at radius 1 is 1.45 bits per heavy atom. The van der Waals surface area contributed by atoms with Crippen LogP contribution in [0.2, 0.25) is 0 Å². The predicted octanol–water partition coefficient (Wildman–Crippen LogP) is 1.46. The number of nitrogens with one attached hydrogen (secondary N) is 2. The first-order chi connectivity index (χ1) is 10.4. The van der Waals surface area contributed by atoms with E-state index in [9.17, 15) is 13.2 Å². The molecule has 0 spiro atoms. The van der Waals surface area contributed by atoms with E-state index in [4.69, 9.17) is 0 Å². The minimum Gasteiger partial charge on any atom is -0.381 e. The molecule has 0 radical (unpaired) electrons. The van der Waals surface area contributed by atoms with Crippen LogP contribution in [0, 0.1) is 5.92 Å². The highest BCUT2D eigenvalue weighted by Gasteiger charge is 2.27. The summed E-state index contributed by atoms with van der Waals surface area (Å²) in [6, 6.07) is 3.31. The van der Waals surface area contributed by atoms with Gasteiger partial charge in [0.2, 0.25) is 0 Å². The van der Waals surface area contributed by atoms with Crippen LogP contribution in [0.5, 0.6) is 0 Å². The highest BCUT2D eigenvalue weighted by atomic mass is 32.2. The zero-order chi connectivity index (χ0) is 16.2. The Labute approximate surface area is 131 Å². The summed E-state index contributed by atoms with van der Waals surface area (Å²) in [7, 11) is -2.92. The first kappa shape index (κ1) is 16.7. The Hall–Kier alpha value is -1.63. The fourth-order valence-corrected chi connectivity index (χ4v) is 4.03. The van der Waals surface area contributed by atoms with E-state index < -0.39 is 9.84 Å². The molecule has 0 aromatic carbocycles. The maximum atomic E-state index is 12.0. The summed E-state index contributed by atoms with van der Waals surface area (Å²) in [6.45, 7) is 4.83. The van der Waals surface area contributed by atoms with E-state index in [1.807, 2.05) is 0 Å². The van der Waals surface area contributed by atoms with Gasteiger partial charge < -0.3 is 10.6 Å². The number of sulfone groups is 1. The minimum atomic E-state index is -2.92. The summed E-state index contributed by atoms with van der Waals surface area (Å²) in [5.41, 5.74) is 1.07. The normalized spacial score (nSPS) is 20.0. The largest absolute Gasteiger partial charge is 0.381 e. The molecule has 1 aliphatic heterocycles. The van der Waals surface area contributed by atoms with E-state index in [0.29, 0.717) is 24.6 Å². The van der Waals surface area contributed by atoms with Gasteiger partial charge in [0.15, 0.2) is 9.84 Å². The van der Waals surface area contributed by atoms with Crippen LogP contribution in [0.25, 0.3) is 0 Å². The van der Waals surface area contributed by atoms with E-state index in [-0.39, 0.29) is 23.5 Å². The van der Waals surface area contributed by atoms with Crippen molar-refractivity contribution < 1.29 is 13.2 Å². The lowest BCUT2D eigenvalue weighted by Crippen LogP contribution is -2.26. The highest BCUT2D eigenvalue weighted by molar-refractivity contribution is 7.91. The van der Waals surface area contributed by atoms with Crippen molar-refractivity contribution in [2.75, 3.05) is 23.4 Å². The quantitative estimate of drug-likeness (QED) is 0.826. The van der Waals surface area contributed by atoms with Crippen molar-refractivity contribution in [3.05, 3.63) is 24.0 Å². The Balaban J connectivity index is 1.93. The molecule has 1 saturated heterocycles. The molecule has 1 fully saturated rings. The number of hydrogen-bond donors (Lipinski definition) is 2. The maximum absolute atomic E-state index is 12.0. The van der Waals surface area contributed by atoms with E-state index in [1.165, 1.54) is 0 Å². The lowest BCUT2D eigenvalue weighted by molar-refractivity contribution is 0.0947. The Kier molecular flexibility index (Phi) is 5.39. The average molecular weight is 325 g/mol. The lowest BCUT2D eigenvalue weighted by Gasteiger charge is -2.13. The number of hydrogen-bond acceptors (Lipinski definition) is 5. The molecule has 1 aromatic rings. The van der Waals surface area contributed by atoms with Crippen LogP contribution in [0.3, 0.4) is 0 Å². The van der Waals surface area contributed by atoms with Crippen LogP contribution in [0.4, 0.5) is 5.69 Å². The summed E-state index contributed by atoms with van der Waals surface area (Å²) in [5.74, 6) is 0.692. The predicted molar refractivity (Wildman–Crippen MR) is 86.7 cm³/mol. The van der Waals surface area contributed by atoms with E-state index in [2.05, 4.69) is 29.5 Å². The van der Waals surface area contributed by atoms with Crippen molar-refractivity contribution in [2.45, 2.75) is 32.7 Å². The number of amides is 1. The van der Waals surface area contributed by atoms with Gasteiger partial charge in [0.05, 0.1) is 11.5 Å². The molecule has 1 aromatic heterocycles. The number of aromatic nitrogens is 1. The van der Waals surface area contributed by atoms with Crippen LogP contribution >= 0.6 is 0 Å². The van der Waals surface area contributed by atoms with Gasteiger partial charge >= 0.3 is 0 Å². The third-order valence-corrected chi connectivity index (χ3v) is 5.37. The summed E-state index contributed by atoms with van der Waals surface area (Å²) >= 11 is 0. The summed E-state index contributed by atoms with van der Waals surface area (Å²) in [4.78, 5) is 16.1. The number of carbonyl (C=O) groups is 1. The molecule has 2 heterocycles. The molecule has 22 heavy (non-hydrogen) atoms. The van der Waals surface area contributed by atoms with Crippen LogP contribution in [-0.4, -0.2) is 43.4 Å². The van der Waals surface area contributed by atoms with Crippen LogP contribution in [0.1, 0.15) is 37.2 Å². The molecule has 1 aliphatic rings. The monoisotopic (exact) mass is 325 g/mol. The zero-order valence-corrected chi connectivity index (χ0v) is 13.8. The third kappa shape index (κ3) is 4.98. The zero-order valence-electron chi connectivity index (χ0n) is 13.0. The summed E-state index contributed by atoms with van der Waals surface area (Å²) in [5, 5.41) is 6.01. The van der Waals surface area contributed by atoms with Crippen molar-refractivity contribution in [3.8, 4) is 0 Å². The van der Waals surface area contributed by atoms with Gasteiger partial charge in [0.25, 0.3) is 5.91 Å². The van der Waals surface area contributed by atoms with Crippen LogP contribution in [-0.2, 0) is 9.84 Å². The van der Waals surface area contributed by atoms with Crippen molar-refractivity contribution in [1.82, 2.24) is 10.3 Å². The van der Waals surface area contributed by atoms with Crippen molar-refractivity contribution in [1.29, 1.82) is 0 Å². The van der Waals surface area contributed by atoms with Crippen molar-refractivity contribution in [3.63, 3.8) is 0 Å². The second kappa shape index (κ2) is 7.09. The molecule has 1 amide bonds. The molecule has 0 bridgehead atoms. The standard InChI is InChI=1S/C15H23N3O3S/c1-11(2)3-6-17-15(19)14-9-12(4-7-16-14)18-13-5-8-22(20,21)10-13/h4,7,9,11,13H,3,5-6,8,10H2,1-2H3,(H,16,18)(H,17,19). The molecule has 2 N–H and O–H groups in total. The van der Waals surface area contributed by atoms with Crippen LogP contribution < -0.4 is 10.6 Å². The molecule has 1 unspecified atom stereocenters. The van der Waals surface area contributed by atoms with E-state index in [0.717, 1.165) is 12.1 Å². The molecule has 1 atom stereocenters.